The van der Waals surface area contributed by atoms with Crippen LogP contribution in [-0.4, -0.2) is 27.1 Å². The van der Waals surface area contributed by atoms with Gasteiger partial charge in [0.1, 0.15) is 0 Å². The minimum absolute atomic E-state index is 0.226. The number of halogens is 1. The molecule has 0 aliphatic rings. The molecule has 4 nitrogen and oxygen atoms in total. The van der Waals surface area contributed by atoms with Gasteiger partial charge in [0.25, 0.3) is 5.91 Å². The molecule has 1 amide bonds. The lowest BCUT2D eigenvalue weighted by atomic mass is 10.2. The summed E-state index contributed by atoms with van der Waals surface area (Å²) in [4.78, 5) is 11.4. The first-order chi connectivity index (χ1) is 6.65. The number of hydrogen-bond donors (Lipinski definition) is 3. The Hall–Kier alpha value is -0.980. The summed E-state index contributed by atoms with van der Waals surface area (Å²) in [6, 6.07) is 3.98. The maximum Gasteiger partial charge on any atom is 0.251 e. The lowest BCUT2D eigenvalue weighted by Gasteiger charge is -2.04. The van der Waals surface area contributed by atoms with Gasteiger partial charge in [0.15, 0.2) is 11.5 Å². The van der Waals surface area contributed by atoms with E-state index in [0.717, 1.165) is 4.43 Å². The lowest BCUT2D eigenvalue weighted by Crippen LogP contribution is -2.24. The molecule has 0 heterocycles. The van der Waals surface area contributed by atoms with Crippen LogP contribution in [0.25, 0.3) is 0 Å². The second kappa shape index (κ2) is 5.04. The summed E-state index contributed by atoms with van der Waals surface area (Å²) in [7, 11) is 0. The smallest absolute Gasteiger partial charge is 0.251 e. The number of hydrogen-bond acceptors (Lipinski definition) is 3. The van der Waals surface area contributed by atoms with Gasteiger partial charge in [0.2, 0.25) is 0 Å². The van der Waals surface area contributed by atoms with Gasteiger partial charge < -0.3 is 15.5 Å². The van der Waals surface area contributed by atoms with Gasteiger partial charge in [0, 0.05) is 16.5 Å². The Morgan fingerprint density at radius 2 is 2.07 bits per heavy atom. The molecule has 0 radical (unpaired) electrons. The van der Waals surface area contributed by atoms with Gasteiger partial charge >= 0.3 is 0 Å². The quantitative estimate of drug-likeness (QED) is 0.447. The van der Waals surface area contributed by atoms with E-state index >= 15 is 0 Å². The van der Waals surface area contributed by atoms with E-state index in [9.17, 15) is 4.79 Å². The number of alkyl halides is 1. The monoisotopic (exact) mass is 307 g/mol. The number of rotatable bonds is 3. The van der Waals surface area contributed by atoms with Crippen molar-refractivity contribution < 1.29 is 15.0 Å². The molecule has 0 unspecified atom stereocenters. The highest BCUT2D eigenvalue weighted by Gasteiger charge is 2.07. The number of carbonyl (C=O) groups is 1. The summed E-state index contributed by atoms with van der Waals surface area (Å²) < 4.78 is 0.827. The molecule has 0 bridgehead atoms. The molecule has 1 rings (SSSR count). The second-order valence-electron chi connectivity index (χ2n) is 2.65. The first-order valence-electron chi connectivity index (χ1n) is 4.01. The van der Waals surface area contributed by atoms with Crippen molar-refractivity contribution in [2.45, 2.75) is 0 Å². The molecule has 76 valence electrons. The molecule has 0 aliphatic carbocycles. The number of nitrogens with one attached hydrogen (secondary N) is 1. The van der Waals surface area contributed by atoms with Crippen LogP contribution >= 0.6 is 22.6 Å². The molecule has 5 heteroatoms. The normalized spacial score (nSPS) is 9.79. The Labute approximate surface area is 95.1 Å². The van der Waals surface area contributed by atoms with Gasteiger partial charge in [-0.15, -0.1) is 0 Å². The molecule has 3 N–H and O–H groups in total. The topological polar surface area (TPSA) is 69.6 Å². The van der Waals surface area contributed by atoms with E-state index in [2.05, 4.69) is 27.9 Å². The molecule has 1 aromatic rings. The Balaban J connectivity index is 2.76. The standard InChI is InChI=1S/C9H10INO3/c10-3-4-11-9(14)6-1-2-7(12)8(13)5-6/h1-2,5,12-13H,3-4H2,(H,11,14). The van der Waals surface area contributed by atoms with Crippen molar-refractivity contribution in [3.05, 3.63) is 23.8 Å². The van der Waals surface area contributed by atoms with Crippen LogP contribution in [0.1, 0.15) is 10.4 Å². The number of phenolic OH excluding ortho intramolecular Hbond substituents is 2. The zero-order valence-electron chi connectivity index (χ0n) is 7.33. The number of aromatic hydroxyl groups is 2. The molecular weight excluding hydrogens is 297 g/mol. The fourth-order valence-corrected chi connectivity index (χ4v) is 1.20. The van der Waals surface area contributed by atoms with Crippen LogP contribution in [0.4, 0.5) is 0 Å². The Bertz CT molecular complexity index is 341. The van der Waals surface area contributed by atoms with Crippen molar-refractivity contribution >= 4 is 28.5 Å². The summed E-state index contributed by atoms with van der Waals surface area (Å²) in [6.45, 7) is 0.584. The van der Waals surface area contributed by atoms with E-state index in [1.807, 2.05) is 0 Å². The molecule has 0 fully saturated rings. The molecule has 1 aromatic carbocycles. The number of carbonyl (C=O) groups excluding carboxylic acids is 1. The minimum Gasteiger partial charge on any atom is -0.504 e. The Kier molecular flexibility index (Phi) is 3.99. The highest BCUT2D eigenvalue weighted by atomic mass is 127. The average Bonchev–Trinajstić information content (AvgIpc) is 2.18. The third-order valence-corrected chi connectivity index (χ3v) is 2.16. The molecule has 0 aliphatic heterocycles. The molecule has 0 aromatic heterocycles. The number of benzene rings is 1. The highest BCUT2D eigenvalue weighted by molar-refractivity contribution is 14.1. The number of amides is 1. The first kappa shape index (κ1) is 11.1. The maximum absolute atomic E-state index is 11.4. The summed E-state index contributed by atoms with van der Waals surface area (Å²) in [5.74, 6) is -0.764. The summed E-state index contributed by atoms with van der Waals surface area (Å²) in [5, 5.41) is 20.8. The zero-order chi connectivity index (χ0) is 10.6. The SMILES string of the molecule is O=C(NCCI)c1ccc(O)c(O)c1. The zero-order valence-corrected chi connectivity index (χ0v) is 9.48. The van der Waals surface area contributed by atoms with Gasteiger partial charge in [-0.3, -0.25) is 4.79 Å². The van der Waals surface area contributed by atoms with Crippen LogP contribution in [0.5, 0.6) is 11.5 Å². The van der Waals surface area contributed by atoms with Crippen molar-refractivity contribution in [1.29, 1.82) is 0 Å². The maximum atomic E-state index is 11.4. The van der Waals surface area contributed by atoms with Crippen LogP contribution in [0.15, 0.2) is 18.2 Å². The third kappa shape index (κ3) is 2.76. The Morgan fingerprint density at radius 3 is 2.64 bits per heavy atom. The van der Waals surface area contributed by atoms with E-state index in [4.69, 9.17) is 10.2 Å². The van der Waals surface area contributed by atoms with E-state index in [1.54, 1.807) is 0 Å². The van der Waals surface area contributed by atoms with Crippen LogP contribution in [-0.2, 0) is 0 Å². The second-order valence-corrected chi connectivity index (χ2v) is 3.73. The molecular formula is C9H10INO3. The Morgan fingerprint density at radius 1 is 1.36 bits per heavy atom. The van der Waals surface area contributed by atoms with Gasteiger partial charge in [0.05, 0.1) is 0 Å². The number of phenols is 2. The predicted octanol–water partition coefficient (Wildman–Crippen LogP) is 1.26. The average molecular weight is 307 g/mol. The van der Waals surface area contributed by atoms with Gasteiger partial charge in [-0.2, -0.15) is 0 Å². The summed E-state index contributed by atoms with van der Waals surface area (Å²) in [5.41, 5.74) is 0.338. The molecule has 14 heavy (non-hydrogen) atoms. The van der Waals surface area contributed by atoms with Crippen molar-refractivity contribution in [2.24, 2.45) is 0 Å². The minimum atomic E-state index is -0.285. The van der Waals surface area contributed by atoms with Crippen molar-refractivity contribution in [1.82, 2.24) is 5.32 Å². The fraction of sp³-hybridized carbons (Fsp3) is 0.222. The van der Waals surface area contributed by atoms with Gasteiger partial charge in [-0.25, -0.2) is 0 Å². The highest BCUT2D eigenvalue weighted by Crippen LogP contribution is 2.24. The molecule has 0 spiro atoms. The van der Waals surface area contributed by atoms with Crippen LogP contribution < -0.4 is 5.32 Å². The van der Waals surface area contributed by atoms with E-state index in [1.165, 1.54) is 18.2 Å². The van der Waals surface area contributed by atoms with E-state index < -0.39 is 0 Å². The third-order valence-electron chi connectivity index (χ3n) is 1.62. The van der Waals surface area contributed by atoms with E-state index in [-0.39, 0.29) is 17.4 Å². The van der Waals surface area contributed by atoms with Gasteiger partial charge in [-0.1, -0.05) is 22.6 Å². The van der Waals surface area contributed by atoms with Crippen LogP contribution in [0.3, 0.4) is 0 Å². The van der Waals surface area contributed by atoms with Crippen LogP contribution in [0, 0.1) is 0 Å². The van der Waals surface area contributed by atoms with Crippen molar-refractivity contribution in [3.63, 3.8) is 0 Å². The van der Waals surface area contributed by atoms with Gasteiger partial charge in [-0.05, 0) is 18.2 Å². The lowest BCUT2D eigenvalue weighted by molar-refractivity contribution is 0.0956. The molecule has 0 atom stereocenters. The fourth-order valence-electron chi connectivity index (χ4n) is 0.928. The summed E-state index contributed by atoms with van der Waals surface area (Å²) in [6.07, 6.45) is 0. The summed E-state index contributed by atoms with van der Waals surface area (Å²) >= 11 is 2.15. The van der Waals surface area contributed by atoms with Crippen LogP contribution in [0.2, 0.25) is 0 Å². The van der Waals surface area contributed by atoms with Crippen molar-refractivity contribution in [2.75, 3.05) is 11.0 Å². The van der Waals surface area contributed by atoms with Crippen molar-refractivity contribution in [3.8, 4) is 11.5 Å². The molecule has 0 saturated heterocycles. The molecule has 0 saturated carbocycles. The largest absolute Gasteiger partial charge is 0.504 e. The predicted molar refractivity (Wildman–Crippen MR) is 61.0 cm³/mol. The first-order valence-corrected chi connectivity index (χ1v) is 5.54. The van der Waals surface area contributed by atoms with E-state index in [0.29, 0.717) is 12.1 Å².